The lowest BCUT2D eigenvalue weighted by atomic mass is 9.84. The molecule has 58 heavy (non-hydrogen) atoms. The molecule has 318 valence electrons. The Bertz CT molecular complexity index is 1720. The predicted octanol–water partition coefficient (Wildman–Crippen LogP) is 2.38. The molecule has 6 N–H and O–H groups in total. The standard InChI is InChI=1S/C43H61N5O10/c1-26(2)38-41(54)45-34(25-30-15-12-16-31(24-30)57-7)42(55)48-23-13-17-33(47-48)43(56)58-36(27(3)14-11-20-37(51)44-6)19-10-8-9-18-35(50)29(5)39(52)32(40(53)46-38)22-21-28(4)49/h8-12,14-16,18,20,24,26,29,32-36,38-39,47,50,52H,13,17,19,21-23,25H2,1-7H3,(H,44,51)(H,45,54)(H,46,53). The molecule has 1 saturated heterocycles. The van der Waals surface area contributed by atoms with E-state index >= 15 is 0 Å². The van der Waals surface area contributed by atoms with Gasteiger partial charge >= 0.3 is 5.97 Å². The Morgan fingerprint density at radius 1 is 1.09 bits per heavy atom. The molecule has 1 aromatic rings. The fourth-order valence-electron chi connectivity index (χ4n) is 6.64. The van der Waals surface area contributed by atoms with Crippen molar-refractivity contribution in [3.05, 3.63) is 77.9 Å². The predicted molar refractivity (Wildman–Crippen MR) is 218 cm³/mol. The van der Waals surface area contributed by atoms with Crippen molar-refractivity contribution in [2.75, 3.05) is 20.7 Å². The van der Waals surface area contributed by atoms with E-state index in [1.165, 1.54) is 38.2 Å². The molecule has 8 atom stereocenters. The first-order valence-corrected chi connectivity index (χ1v) is 19.8. The van der Waals surface area contributed by atoms with Gasteiger partial charge in [-0.2, -0.15) is 0 Å². The molecule has 2 aliphatic rings. The quantitative estimate of drug-likeness (QED) is 0.115. The van der Waals surface area contributed by atoms with Gasteiger partial charge in [-0.1, -0.05) is 69.4 Å². The van der Waals surface area contributed by atoms with Crippen LogP contribution in [-0.2, 0) is 39.9 Å². The number of hydrazine groups is 1. The maximum absolute atomic E-state index is 14.4. The lowest BCUT2D eigenvalue weighted by molar-refractivity contribution is -0.156. The highest BCUT2D eigenvalue weighted by atomic mass is 16.5. The van der Waals surface area contributed by atoms with Crippen molar-refractivity contribution in [2.24, 2.45) is 17.8 Å². The highest BCUT2D eigenvalue weighted by molar-refractivity contribution is 5.93. The molecule has 0 radical (unpaired) electrons. The second kappa shape index (κ2) is 23.3. The molecule has 1 aromatic carbocycles. The molecule has 4 amide bonds. The Labute approximate surface area is 341 Å². The summed E-state index contributed by atoms with van der Waals surface area (Å²) in [6.45, 7) is 8.40. The highest BCUT2D eigenvalue weighted by Crippen LogP contribution is 2.24. The van der Waals surface area contributed by atoms with E-state index in [1.54, 1.807) is 82.3 Å². The first kappa shape index (κ1) is 47.3. The van der Waals surface area contributed by atoms with Crippen LogP contribution in [0.1, 0.15) is 72.3 Å². The van der Waals surface area contributed by atoms with Crippen LogP contribution in [0.25, 0.3) is 0 Å². The normalized spacial score (nSPS) is 27.3. The average molecular weight is 808 g/mol. The number of methoxy groups -OCH3 is 1. The molecule has 0 saturated carbocycles. The third kappa shape index (κ3) is 14.4. The minimum absolute atomic E-state index is 0.0166. The Morgan fingerprint density at radius 3 is 2.50 bits per heavy atom. The summed E-state index contributed by atoms with van der Waals surface area (Å²) < 4.78 is 11.4. The SMILES string of the molecule is CNC(=O)C=CC=C(C)C1CC=CC=CC(O)C(C)C(O)C(CCC(C)=O)C(=O)NC(C(C)C)C(=O)NC(Cc2cccc(OC)c2)C(=O)N2CCCC(N2)C(=O)O1. The number of cyclic esters (lactones) is 1. The molecule has 15 heteroatoms. The van der Waals surface area contributed by atoms with Gasteiger partial charge in [-0.15, -0.1) is 0 Å². The topological polar surface area (TPSA) is 213 Å². The number of rotatable bonds is 10. The maximum Gasteiger partial charge on any atom is 0.325 e. The molecule has 2 bridgehead atoms. The van der Waals surface area contributed by atoms with Crippen molar-refractivity contribution in [3.8, 4) is 5.75 Å². The molecular weight excluding hydrogens is 746 g/mol. The Hall–Kier alpha value is -5.12. The number of amides is 4. The first-order chi connectivity index (χ1) is 27.6. The molecule has 1 fully saturated rings. The van der Waals surface area contributed by atoms with E-state index in [0.717, 1.165) is 0 Å². The van der Waals surface area contributed by atoms with Gasteiger partial charge in [-0.3, -0.25) is 29.0 Å². The third-order valence-corrected chi connectivity index (χ3v) is 10.3. The van der Waals surface area contributed by atoms with Crippen molar-refractivity contribution in [3.63, 3.8) is 0 Å². The smallest absolute Gasteiger partial charge is 0.325 e. The molecule has 0 spiro atoms. The monoisotopic (exact) mass is 807 g/mol. The van der Waals surface area contributed by atoms with Crippen LogP contribution in [-0.4, -0.2) is 108 Å². The zero-order chi connectivity index (χ0) is 42.9. The van der Waals surface area contributed by atoms with Gasteiger partial charge in [-0.05, 0) is 62.3 Å². The van der Waals surface area contributed by atoms with Crippen LogP contribution < -0.4 is 26.1 Å². The van der Waals surface area contributed by atoms with Crippen molar-refractivity contribution in [2.45, 2.75) is 110 Å². The van der Waals surface area contributed by atoms with E-state index in [-0.39, 0.29) is 43.9 Å². The second-order valence-corrected chi connectivity index (χ2v) is 15.2. The number of hydrogen-bond acceptors (Lipinski definition) is 11. The lowest BCUT2D eigenvalue weighted by Gasteiger charge is -2.36. The summed E-state index contributed by atoms with van der Waals surface area (Å²) in [4.78, 5) is 79.9. The van der Waals surface area contributed by atoms with Gasteiger partial charge in [-0.25, -0.2) is 5.43 Å². The van der Waals surface area contributed by atoms with Crippen LogP contribution in [0.2, 0.25) is 0 Å². The van der Waals surface area contributed by atoms with Crippen LogP contribution in [0, 0.1) is 17.8 Å². The average Bonchev–Trinajstić information content (AvgIpc) is 3.20. The molecule has 0 aliphatic carbocycles. The summed E-state index contributed by atoms with van der Waals surface area (Å²) in [7, 11) is 3.02. The van der Waals surface area contributed by atoms with Gasteiger partial charge in [0.2, 0.25) is 17.7 Å². The number of fused-ring (bicyclic) bond motifs is 2. The largest absolute Gasteiger partial charge is 0.497 e. The maximum atomic E-state index is 14.4. The third-order valence-electron chi connectivity index (χ3n) is 10.3. The van der Waals surface area contributed by atoms with Crippen molar-refractivity contribution >= 4 is 35.4 Å². The number of hydrogen-bond donors (Lipinski definition) is 6. The van der Waals surface area contributed by atoms with Gasteiger partial charge < -0.3 is 40.4 Å². The number of benzene rings is 1. The number of Topliss-reactive ketones (excluding diaryl/α,β-unsaturated/α-hetero) is 1. The number of ketones is 1. The van der Waals surface area contributed by atoms with E-state index < -0.39 is 77.9 Å². The molecule has 8 unspecified atom stereocenters. The Balaban J connectivity index is 2.09. The summed E-state index contributed by atoms with van der Waals surface area (Å²) >= 11 is 0. The summed E-state index contributed by atoms with van der Waals surface area (Å²) in [6.07, 6.45) is 8.60. The molecule has 2 aliphatic heterocycles. The van der Waals surface area contributed by atoms with Crippen molar-refractivity contribution in [1.29, 1.82) is 0 Å². The van der Waals surface area contributed by atoms with Crippen LogP contribution in [0.5, 0.6) is 5.75 Å². The molecule has 15 nitrogen and oxygen atoms in total. The number of likely N-dealkylation sites (N-methyl/N-ethyl adjacent to an activating group) is 1. The highest BCUT2D eigenvalue weighted by Gasteiger charge is 2.38. The van der Waals surface area contributed by atoms with Crippen molar-refractivity contribution < 1.29 is 48.5 Å². The number of nitrogens with one attached hydrogen (secondary N) is 4. The van der Waals surface area contributed by atoms with Gasteiger partial charge in [0.05, 0.1) is 25.2 Å². The summed E-state index contributed by atoms with van der Waals surface area (Å²) in [5.41, 5.74) is 4.33. The number of allylic oxidation sites excluding steroid dienone is 4. The number of carbonyl (C=O) groups is 6. The number of aliphatic hydroxyl groups is 2. The number of nitrogens with zero attached hydrogens (tertiary/aromatic N) is 1. The second-order valence-electron chi connectivity index (χ2n) is 15.2. The van der Waals surface area contributed by atoms with Crippen LogP contribution >= 0.6 is 0 Å². The van der Waals surface area contributed by atoms with E-state index in [2.05, 4.69) is 21.4 Å². The van der Waals surface area contributed by atoms with Gasteiger partial charge in [0, 0.05) is 44.8 Å². The van der Waals surface area contributed by atoms with Gasteiger partial charge in [0.25, 0.3) is 5.91 Å². The minimum Gasteiger partial charge on any atom is -0.497 e. The Morgan fingerprint density at radius 2 is 1.83 bits per heavy atom. The van der Waals surface area contributed by atoms with Crippen molar-refractivity contribution in [1.82, 2.24) is 26.4 Å². The number of esters is 1. The summed E-state index contributed by atoms with van der Waals surface area (Å²) in [6, 6.07) is 3.83. The lowest BCUT2D eigenvalue weighted by Crippen LogP contribution is -2.62. The number of carbonyl (C=O) groups excluding carboxylic acids is 6. The number of aliphatic hydroxyl groups excluding tert-OH is 2. The molecule has 3 rings (SSSR count). The van der Waals surface area contributed by atoms with Gasteiger partial charge in [0.1, 0.15) is 35.8 Å². The molecular formula is C43H61N5O10. The zero-order valence-corrected chi connectivity index (χ0v) is 34.6. The zero-order valence-electron chi connectivity index (χ0n) is 34.6. The fraction of sp³-hybridized carbons (Fsp3) is 0.535. The first-order valence-electron chi connectivity index (χ1n) is 19.8. The van der Waals surface area contributed by atoms with E-state index in [1.807, 2.05) is 0 Å². The minimum atomic E-state index is -1.41. The number of ether oxygens (including phenoxy) is 2. The summed E-state index contributed by atoms with van der Waals surface area (Å²) in [5, 5.41) is 31.9. The van der Waals surface area contributed by atoms with Crippen LogP contribution in [0.3, 0.4) is 0 Å². The van der Waals surface area contributed by atoms with Crippen LogP contribution in [0.4, 0.5) is 0 Å². The Kier molecular flexibility index (Phi) is 19.0. The van der Waals surface area contributed by atoms with E-state index in [9.17, 15) is 39.0 Å². The molecule has 2 heterocycles. The summed E-state index contributed by atoms with van der Waals surface area (Å²) in [5.74, 6) is -4.92. The van der Waals surface area contributed by atoms with Gasteiger partial charge in [0.15, 0.2) is 0 Å². The van der Waals surface area contributed by atoms with E-state index in [4.69, 9.17) is 9.47 Å². The molecule has 0 aromatic heterocycles. The fourth-order valence-corrected chi connectivity index (χ4v) is 6.64. The van der Waals surface area contributed by atoms with E-state index in [0.29, 0.717) is 29.7 Å². The van der Waals surface area contributed by atoms with Crippen LogP contribution in [0.15, 0.2) is 72.4 Å².